The average molecular weight is 291 g/mol. The number of nitro groups is 1. The van der Waals surface area contributed by atoms with Crippen LogP contribution in [0.4, 0.5) is 5.69 Å². The Morgan fingerprint density at radius 1 is 1.52 bits per heavy atom. The summed E-state index contributed by atoms with van der Waals surface area (Å²) in [4.78, 5) is 25.0. The smallest absolute Gasteiger partial charge is 0.273 e. The third-order valence-electron chi connectivity index (χ3n) is 3.97. The van der Waals surface area contributed by atoms with Gasteiger partial charge in [0.15, 0.2) is 0 Å². The van der Waals surface area contributed by atoms with Crippen molar-refractivity contribution < 1.29 is 9.72 Å². The Morgan fingerprint density at radius 2 is 2.29 bits per heavy atom. The molecule has 1 aliphatic rings. The average Bonchev–Trinajstić information content (AvgIpc) is 2.49. The maximum absolute atomic E-state index is 12.6. The van der Waals surface area contributed by atoms with E-state index in [1.54, 1.807) is 24.0 Å². The molecule has 2 rings (SSSR count). The van der Waals surface area contributed by atoms with Crippen molar-refractivity contribution in [2.75, 3.05) is 19.6 Å². The Hall–Kier alpha value is -1.95. The molecule has 1 aliphatic heterocycles. The molecule has 1 atom stereocenters. The Bertz CT molecular complexity index is 539. The van der Waals surface area contributed by atoms with E-state index in [9.17, 15) is 14.9 Å². The predicted octanol–water partition coefficient (Wildman–Crippen LogP) is 2.12. The van der Waals surface area contributed by atoms with E-state index >= 15 is 0 Å². The molecule has 0 aliphatic carbocycles. The molecule has 1 unspecified atom stereocenters. The standard InChI is InChI=1S/C15H21N3O3/c1-3-17(13-5-4-8-16-10-13)15(19)12-7-6-11(2)14(9-12)18(20)21/h6-7,9,13,16H,3-5,8,10H2,1-2H3. The summed E-state index contributed by atoms with van der Waals surface area (Å²) >= 11 is 0. The van der Waals surface area contributed by atoms with Crippen molar-refractivity contribution in [2.24, 2.45) is 0 Å². The molecule has 1 aromatic carbocycles. The Morgan fingerprint density at radius 3 is 2.86 bits per heavy atom. The molecule has 21 heavy (non-hydrogen) atoms. The molecule has 0 saturated carbocycles. The Balaban J connectivity index is 2.24. The maximum atomic E-state index is 12.6. The number of aryl methyl sites for hydroxylation is 1. The maximum Gasteiger partial charge on any atom is 0.273 e. The largest absolute Gasteiger partial charge is 0.335 e. The fraction of sp³-hybridized carbons (Fsp3) is 0.533. The van der Waals surface area contributed by atoms with Gasteiger partial charge in [0.1, 0.15) is 0 Å². The summed E-state index contributed by atoms with van der Waals surface area (Å²) in [6.07, 6.45) is 2.02. The summed E-state index contributed by atoms with van der Waals surface area (Å²) in [5.41, 5.74) is 0.956. The van der Waals surface area contributed by atoms with Gasteiger partial charge in [-0.1, -0.05) is 6.07 Å². The molecular formula is C15H21N3O3. The van der Waals surface area contributed by atoms with Crippen LogP contribution in [-0.4, -0.2) is 41.4 Å². The molecule has 1 heterocycles. The van der Waals surface area contributed by atoms with Gasteiger partial charge in [0, 0.05) is 36.3 Å². The first kappa shape index (κ1) is 15.4. The Labute approximate surface area is 124 Å². The van der Waals surface area contributed by atoms with Gasteiger partial charge in [-0.15, -0.1) is 0 Å². The van der Waals surface area contributed by atoms with Crippen LogP contribution in [0, 0.1) is 17.0 Å². The van der Waals surface area contributed by atoms with Gasteiger partial charge in [-0.3, -0.25) is 14.9 Å². The monoisotopic (exact) mass is 291 g/mol. The summed E-state index contributed by atoms with van der Waals surface area (Å²) in [6, 6.07) is 4.86. The van der Waals surface area contributed by atoms with E-state index in [2.05, 4.69) is 5.32 Å². The van der Waals surface area contributed by atoms with Gasteiger partial charge in [0.05, 0.1) is 4.92 Å². The highest BCUT2D eigenvalue weighted by molar-refractivity contribution is 5.95. The van der Waals surface area contributed by atoms with Crippen LogP contribution >= 0.6 is 0 Å². The molecule has 0 bridgehead atoms. The van der Waals surface area contributed by atoms with Gasteiger partial charge in [0.25, 0.3) is 11.6 Å². The van der Waals surface area contributed by atoms with E-state index in [0.717, 1.165) is 25.9 Å². The van der Waals surface area contributed by atoms with Crippen molar-refractivity contribution in [3.63, 3.8) is 0 Å². The topological polar surface area (TPSA) is 75.5 Å². The first-order chi connectivity index (χ1) is 10.0. The number of rotatable bonds is 4. The third-order valence-corrected chi connectivity index (χ3v) is 3.97. The number of carbonyl (C=O) groups is 1. The number of amides is 1. The van der Waals surface area contributed by atoms with Crippen LogP contribution in [0.15, 0.2) is 18.2 Å². The molecule has 114 valence electrons. The van der Waals surface area contributed by atoms with E-state index in [-0.39, 0.29) is 17.6 Å². The van der Waals surface area contributed by atoms with Gasteiger partial charge < -0.3 is 10.2 Å². The number of nitrogens with one attached hydrogen (secondary N) is 1. The van der Waals surface area contributed by atoms with Crippen LogP contribution in [0.25, 0.3) is 0 Å². The summed E-state index contributed by atoms with van der Waals surface area (Å²) in [7, 11) is 0. The highest BCUT2D eigenvalue weighted by Crippen LogP contribution is 2.21. The normalized spacial score (nSPS) is 18.3. The van der Waals surface area contributed by atoms with Crippen molar-refractivity contribution in [3.8, 4) is 0 Å². The minimum atomic E-state index is -0.440. The molecule has 1 amide bonds. The van der Waals surface area contributed by atoms with E-state index in [0.29, 0.717) is 17.7 Å². The van der Waals surface area contributed by atoms with Gasteiger partial charge >= 0.3 is 0 Å². The fourth-order valence-electron chi connectivity index (χ4n) is 2.77. The van der Waals surface area contributed by atoms with Crippen LogP contribution in [-0.2, 0) is 0 Å². The number of benzene rings is 1. The summed E-state index contributed by atoms with van der Waals surface area (Å²) < 4.78 is 0. The van der Waals surface area contributed by atoms with Gasteiger partial charge in [0.2, 0.25) is 0 Å². The lowest BCUT2D eigenvalue weighted by Crippen LogP contribution is -2.48. The summed E-state index contributed by atoms with van der Waals surface area (Å²) in [5, 5.41) is 14.3. The van der Waals surface area contributed by atoms with E-state index in [4.69, 9.17) is 0 Å². The first-order valence-electron chi connectivity index (χ1n) is 7.31. The minimum Gasteiger partial charge on any atom is -0.335 e. The van der Waals surface area contributed by atoms with Crippen LogP contribution in [0.1, 0.15) is 35.7 Å². The van der Waals surface area contributed by atoms with Crippen LogP contribution in [0.3, 0.4) is 0 Å². The van der Waals surface area contributed by atoms with Crippen molar-refractivity contribution >= 4 is 11.6 Å². The number of carbonyl (C=O) groups excluding carboxylic acids is 1. The molecule has 6 nitrogen and oxygen atoms in total. The Kier molecular flexibility index (Phi) is 4.90. The van der Waals surface area contributed by atoms with Gasteiger partial charge in [-0.2, -0.15) is 0 Å². The molecule has 1 aromatic rings. The molecule has 6 heteroatoms. The first-order valence-corrected chi connectivity index (χ1v) is 7.31. The highest BCUT2D eigenvalue weighted by atomic mass is 16.6. The van der Waals surface area contributed by atoms with Gasteiger partial charge in [-0.25, -0.2) is 0 Å². The number of hydrogen-bond donors (Lipinski definition) is 1. The van der Waals surface area contributed by atoms with E-state index < -0.39 is 4.92 Å². The van der Waals surface area contributed by atoms with Crippen LogP contribution in [0.2, 0.25) is 0 Å². The summed E-state index contributed by atoms with van der Waals surface area (Å²) in [6.45, 7) is 5.99. The quantitative estimate of drug-likeness (QED) is 0.681. The molecular weight excluding hydrogens is 270 g/mol. The van der Waals surface area contributed by atoms with Crippen molar-refractivity contribution in [3.05, 3.63) is 39.4 Å². The van der Waals surface area contributed by atoms with Crippen molar-refractivity contribution in [1.82, 2.24) is 10.2 Å². The second-order valence-electron chi connectivity index (χ2n) is 5.35. The van der Waals surface area contributed by atoms with Crippen LogP contribution in [0.5, 0.6) is 0 Å². The second kappa shape index (κ2) is 6.67. The molecule has 1 saturated heterocycles. The lowest BCUT2D eigenvalue weighted by atomic mass is 10.0. The molecule has 0 radical (unpaired) electrons. The van der Waals surface area contributed by atoms with E-state index in [1.807, 2.05) is 6.92 Å². The highest BCUT2D eigenvalue weighted by Gasteiger charge is 2.26. The minimum absolute atomic E-state index is 0.00123. The van der Waals surface area contributed by atoms with Crippen LogP contribution < -0.4 is 5.32 Å². The number of nitrogens with zero attached hydrogens (tertiary/aromatic N) is 2. The number of hydrogen-bond acceptors (Lipinski definition) is 4. The summed E-state index contributed by atoms with van der Waals surface area (Å²) in [5.74, 6) is -0.130. The number of piperidine rings is 1. The molecule has 0 spiro atoms. The molecule has 1 N–H and O–H groups in total. The molecule has 1 fully saturated rings. The predicted molar refractivity (Wildman–Crippen MR) is 80.4 cm³/mol. The number of likely N-dealkylation sites (N-methyl/N-ethyl adjacent to an activating group) is 1. The third kappa shape index (κ3) is 3.39. The zero-order valence-electron chi connectivity index (χ0n) is 12.5. The fourth-order valence-corrected chi connectivity index (χ4v) is 2.77. The second-order valence-corrected chi connectivity index (χ2v) is 5.35. The SMILES string of the molecule is CCN(C(=O)c1ccc(C)c([N+](=O)[O-])c1)C1CCCNC1. The van der Waals surface area contributed by atoms with E-state index in [1.165, 1.54) is 6.07 Å². The van der Waals surface area contributed by atoms with Gasteiger partial charge in [-0.05, 0) is 39.3 Å². The van der Waals surface area contributed by atoms with Crippen molar-refractivity contribution in [2.45, 2.75) is 32.7 Å². The van der Waals surface area contributed by atoms with Crippen molar-refractivity contribution in [1.29, 1.82) is 0 Å². The lowest BCUT2D eigenvalue weighted by molar-refractivity contribution is -0.385. The lowest BCUT2D eigenvalue weighted by Gasteiger charge is -2.34. The molecule has 0 aromatic heterocycles. The number of nitro benzene ring substituents is 1. The zero-order chi connectivity index (χ0) is 15.4. The zero-order valence-corrected chi connectivity index (χ0v) is 12.5.